The number of carbonyl (C=O) groups is 4. The van der Waals surface area contributed by atoms with E-state index in [1.807, 2.05) is 19.9 Å². The average molecular weight is 1070 g/mol. The van der Waals surface area contributed by atoms with Crippen LogP contribution in [0.1, 0.15) is 111 Å². The highest BCUT2D eigenvalue weighted by Gasteiger charge is 2.22. The number of nitrogen functional groups attached to an aromatic ring is 1. The largest absolute Gasteiger partial charge is 0.495 e. The molecule has 0 aliphatic rings. The minimum atomic E-state index is -0.258. The van der Waals surface area contributed by atoms with Gasteiger partial charge in [-0.25, -0.2) is 0 Å². The molecule has 0 spiro atoms. The summed E-state index contributed by atoms with van der Waals surface area (Å²) in [7, 11) is 4.51. The first-order valence-corrected chi connectivity index (χ1v) is 23.4. The zero-order valence-electron chi connectivity index (χ0n) is 41.7. The first-order valence-electron chi connectivity index (χ1n) is 22.3. The third-order valence-corrected chi connectivity index (χ3v) is 11.2. The van der Waals surface area contributed by atoms with Gasteiger partial charge in [0.05, 0.1) is 49.3 Å². The Bertz CT molecular complexity index is 3050. The Morgan fingerprint density at radius 1 is 0.726 bits per heavy atom. The van der Waals surface area contributed by atoms with Crippen LogP contribution in [0.15, 0.2) is 79.0 Å². The van der Waals surface area contributed by atoms with Crippen molar-refractivity contribution in [2.24, 2.45) is 11.8 Å². The van der Waals surface area contributed by atoms with Crippen molar-refractivity contribution in [1.82, 2.24) is 20.5 Å². The molecular formula is C52H61Cl3N6O12. The molecule has 0 bridgehead atoms. The molecule has 7 rings (SSSR count). The summed E-state index contributed by atoms with van der Waals surface area (Å²) < 4.78 is 35.0. The van der Waals surface area contributed by atoms with Gasteiger partial charge in [0.2, 0.25) is 5.88 Å². The molecule has 0 unspecified atom stereocenters. The number of carbonyl (C=O) groups excluding carboxylic acids is 4. The first kappa shape index (κ1) is 60.2. The molecule has 0 atom stereocenters. The third-order valence-electron chi connectivity index (χ3n) is 10.0. The van der Waals surface area contributed by atoms with E-state index in [1.165, 1.54) is 47.3 Å². The van der Waals surface area contributed by atoms with E-state index in [9.17, 15) is 24.0 Å². The number of anilines is 2. The summed E-state index contributed by atoms with van der Waals surface area (Å²) in [6.07, 6.45) is 1.46. The van der Waals surface area contributed by atoms with Gasteiger partial charge in [-0.15, -0.1) is 0 Å². The van der Waals surface area contributed by atoms with Crippen LogP contribution in [-0.2, 0) is 24.1 Å². The Morgan fingerprint density at radius 2 is 1.27 bits per heavy atom. The Hall–Kier alpha value is -7.15. The van der Waals surface area contributed by atoms with Gasteiger partial charge >= 0.3 is 0 Å². The number of H-pyrrole nitrogens is 1. The molecule has 0 saturated carbocycles. The number of halogens is 3. The number of hydrogen-bond acceptors (Lipinski definition) is 17. The van der Waals surface area contributed by atoms with Gasteiger partial charge in [-0.2, -0.15) is 0 Å². The van der Waals surface area contributed by atoms with E-state index >= 15 is 0 Å². The first-order chi connectivity index (χ1) is 34.1. The summed E-state index contributed by atoms with van der Waals surface area (Å²) in [6, 6.07) is 16.6. The quantitative estimate of drug-likeness (QED) is 0.0435. The van der Waals surface area contributed by atoms with E-state index < -0.39 is 0 Å². The number of aromatic amines is 1. The van der Waals surface area contributed by atoms with Crippen LogP contribution in [0.3, 0.4) is 0 Å². The standard InChI is InChI=1S/C18H20ClNO4.C17H17ClN2O3.C9H10ClNO2.C7H10N2O3.CH4/c1-10(2)7-12-8-15(20-24-12)16(22)9-14-13(11(3)21)5-6-17(23-4)18(14)19;1-9(2)6-10-7-13(20-23-10)12-8-14(21)11-4-5-15(22-3)16(18)17(11)19-12;1-5(12)6-3-4-7(13-2)8(10)9(6)11;1-5(2)8-6-3-7(9-12-6)11-4-10;/h5-6,8,10H,7,9H2,1-4H3;4-5,7-9H,6H2,1-3H3,(H,19,21);3-4H,11H2,1-2H3;3-5,8H,1-2H3;1H4. The molecule has 0 aliphatic heterocycles. The molecule has 0 saturated heterocycles. The summed E-state index contributed by atoms with van der Waals surface area (Å²) in [5, 5.41) is 15.7. The molecule has 392 valence electrons. The SMILES string of the molecule is C.CC(C)Nc1cc(OC=O)no1.COc1ccc(C(C)=O)c(CC(=O)c2cc(CC(C)C)on2)c1Cl.COc1ccc(C(C)=O)c(N)c1Cl.COc1ccc2c(=O)cc(-c3cc(CC(C)C)on3)[nH]c2c1Cl. The molecule has 21 heteroatoms. The number of pyridine rings is 1. The summed E-state index contributed by atoms with van der Waals surface area (Å²) in [5.74, 6) is 3.83. The Kier molecular flexibility index (Phi) is 23.2. The van der Waals surface area contributed by atoms with Gasteiger partial charge in [-0.1, -0.05) is 80.2 Å². The fraction of sp³-hybridized carbons (Fsp3) is 0.346. The van der Waals surface area contributed by atoms with Crippen LogP contribution in [0.2, 0.25) is 15.1 Å². The van der Waals surface area contributed by atoms with Crippen molar-refractivity contribution in [1.29, 1.82) is 0 Å². The van der Waals surface area contributed by atoms with Crippen molar-refractivity contribution in [3.05, 3.63) is 120 Å². The van der Waals surface area contributed by atoms with Crippen molar-refractivity contribution >= 4 is 81.1 Å². The highest BCUT2D eigenvalue weighted by molar-refractivity contribution is 6.36. The second-order valence-corrected chi connectivity index (χ2v) is 18.1. The molecule has 4 aromatic heterocycles. The van der Waals surface area contributed by atoms with Crippen LogP contribution in [0, 0.1) is 11.8 Å². The number of fused-ring (bicyclic) bond motifs is 1. The third kappa shape index (κ3) is 16.7. The Morgan fingerprint density at radius 3 is 1.84 bits per heavy atom. The maximum absolute atomic E-state index is 12.5. The van der Waals surface area contributed by atoms with E-state index in [-0.39, 0.29) is 70.0 Å². The number of ketones is 3. The Balaban J connectivity index is 0.000000267. The highest BCUT2D eigenvalue weighted by atomic mass is 35.5. The molecule has 0 fully saturated rings. The van der Waals surface area contributed by atoms with Crippen LogP contribution < -0.4 is 35.4 Å². The molecule has 0 aliphatic carbocycles. The van der Waals surface area contributed by atoms with Gasteiger partial charge in [0.1, 0.15) is 50.2 Å². The second-order valence-electron chi connectivity index (χ2n) is 17.0. The van der Waals surface area contributed by atoms with Crippen molar-refractivity contribution in [3.63, 3.8) is 0 Å². The summed E-state index contributed by atoms with van der Waals surface area (Å²) in [6.45, 7) is 15.4. The van der Waals surface area contributed by atoms with Gasteiger partial charge in [0, 0.05) is 60.0 Å². The molecule has 0 radical (unpaired) electrons. The van der Waals surface area contributed by atoms with Crippen LogP contribution in [0.5, 0.6) is 23.1 Å². The molecule has 73 heavy (non-hydrogen) atoms. The van der Waals surface area contributed by atoms with Crippen LogP contribution in [-0.4, -0.2) is 71.6 Å². The second kappa shape index (κ2) is 28.2. The van der Waals surface area contributed by atoms with Crippen molar-refractivity contribution in [2.75, 3.05) is 32.4 Å². The number of benzene rings is 3. The number of Topliss-reactive ketones (excluding diaryl/α,β-unsaturated/α-hetero) is 3. The number of methoxy groups -OCH3 is 3. The van der Waals surface area contributed by atoms with E-state index in [1.54, 1.807) is 42.5 Å². The van der Waals surface area contributed by atoms with Crippen LogP contribution in [0.25, 0.3) is 22.3 Å². The van der Waals surface area contributed by atoms with Crippen molar-refractivity contribution in [3.8, 4) is 34.5 Å². The number of nitrogens with two attached hydrogens (primary N) is 1. The zero-order valence-corrected chi connectivity index (χ0v) is 43.9. The van der Waals surface area contributed by atoms with E-state index in [0.29, 0.717) is 97.6 Å². The molecule has 3 aromatic carbocycles. The fourth-order valence-corrected chi connectivity index (χ4v) is 7.55. The summed E-state index contributed by atoms with van der Waals surface area (Å²) >= 11 is 18.4. The normalized spacial score (nSPS) is 10.5. The van der Waals surface area contributed by atoms with Crippen molar-refractivity contribution in [2.45, 2.75) is 88.1 Å². The molecule has 7 aromatic rings. The number of aromatic nitrogens is 4. The maximum atomic E-state index is 12.5. The van der Waals surface area contributed by atoms with Gasteiger partial charge in [-0.05, 0) is 86.6 Å². The van der Waals surface area contributed by atoms with E-state index in [2.05, 4.69) is 58.2 Å². The minimum absolute atomic E-state index is 0. The lowest BCUT2D eigenvalue weighted by molar-refractivity contribution is -0.121. The summed E-state index contributed by atoms with van der Waals surface area (Å²) in [5.41, 5.74) is 8.95. The number of hydrogen-bond donors (Lipinski definition) is 3. The predicted octanol–water partition coefficient (Wildman–Crippen LogP) is 12.0. The van der Waals surface area contributed by atoms with Gasteiger partial charge in [0.15, 0.2) is 22.8 Å². The lowest BCUT2D eigenvalue weighted by Gasteiger charge is -2.11. The fourth-order valence-electron chi connectivity index (χ4n) is 6.71. The van der Waals surface area contributed by atoms with E-state index in [0.717, 1.165) is 12.2 Å². The molecule has 18 nitrogen and oxygen atoms in total. The van der Waals surface area contributed by atoms with E-state index in [4.69, 9.17) is 68.3 Å². The van der Waals surface area contributed by atoms with Crippen LogP contribution in [0.4, 0.5) is 11.6 Å². The molecule has 0 amide bonds. The number of nitrogens with zero attached hydrogens (tertiary/aromatic N) is 3. The van der Waals surface area contributed by atoms with Gasteiger partial charge < -0.3 is 48.6 Å². The Labute approximate surface area is 438 Å². The maximum Gasteiger partial charge on any atom is 0.299 e. The predicted molar refractivity (Wildman–Crippen MR) is 282 cm³/mol. The van der Waals surface area contributed by atoms with Gasteiger partial charge in [0.25, 0.3) is 12.4 Å². The molecule has 4 heterocycles. The number of nitrogens with one attached hydrogen (secondary N) is 2. The lowest BCUT2D eigenvalue weighted by Crippen LogP contribution is -2.09. The zero-order chi connectivity index (χ0) is 53.4. The average Bonchev–Trinajstić information content (AvgIpc) is 4.10. The van der Waals surface area contributed by atoms with Crippen LogP contribution >= 0.6 is 34.8 Å². The monoisotopic (exact) mass is 1070 g/mol. The highest BCUT2D eigenvalue weighted by Crippen LogP contribution is 2.34. The van der Waals surface area contributed by atoms with Crippen molar-refractivity contribution < 1.29 is 51.7 Å². The summed E-state index contributed by atoms with van der Waals surface area (Å²) in [4.78, 5) is 60.7. The molecule has 4 N–H and O–H groups in total. The lowest BCUT2D eigenvalue weighted by atomic mass is 9.98. The minimum Gasteiger partial charge on any atom is -0.495 e. The topological polar surface area (TPSA) is 254 Å². The molecular weight excluding hydrogens is 1010 g/mol. The number of ether oxygens (including phenoxy) is 4. The number of rotatable bonds is 17. The van der Waals surface area contributed by atoms with Gasteiger partial charge in [-0.3, -0.25) is 24.0 Å². The smallest absolute Gasteiger partial charge is 0.299 e.